The molecule has 20 heavy (non-hydrogen) atoms. The number of benzene rings is 1. The van der Waals surface area contributed by atoms with E-state index in [-0.39, 0.29) is 15.7 Å². The number of halogens is 3. The number of aryl methyl sites for hydroxylation is 1. The van der Waals surface area contributed by atoms with Crippen LogP contribution in [0.5, 0.6) is 0 Å². The van der Waals surface area contributed by atoms with Gasteiger partial charge in [-0.15, -0.1) is 0 Å². The second kappa shape index (κ2) is 5.67. The predicted molar refractivity (Wildman–Crippen MR) is 78.9 cm³/mol. The van der Waals surface area contributed by atoms with Gasteiger partial charge in [0, 0.05) is 4.47 Å². The molecule has 0 aliphatic rings. The first-order valence-electron chi connectivity index (χ1n) is 5.40. The third kappa shape index (κ3) is 3.28. The smallest absolute Gasteiger partial charge is 0.263 e. The maximum absolute atomic E-state index is 13.2. The van der Waals surface area contributed by atoms with E-state index in [4.69, 9.17) is 11.6 Å². The summed E-state index contributed by atoms with van der Waals surface area (Å²) in [5.41, 5.74) is 0.621. The van der Waals surface area contributed by atoms with Gasteiger partial charge in [0.25, 0.3) is 10.0 Å². The van der Waals surface area contributed by atoms with Crippen LogP contribution in [0.2, 0.25) is 5.02 Å². The second-order valence-corrected chi connectivity index (χ2v) is 6.86. The fourth-order valence-electron chi connectivity index (χ4n) is 1.48. The highest BCUT2D eigenvalue weighted by Crippen LogP contribution is 2.25. The van der Waals surface area contributed by atoms with Gasteiger partial charge in [0.1, 0.15) is 16.5 Å². The SMILES string of the molecule is Cc1nc(NS(=O)(=O)c2cc(F)ccc2Cl)ccc1Br. The Morgan fingerprint density at radius 3 is 2.65 bits per heavy atom. The van der Waals surface area contributed by atoms with Crippen molar-refractivity contribution in [2.24, 2.45) is 0 Å². The second-order valence-electron chi connectivity index (χ2n) is 3.94. The number of aromatic nitrogens is 1. The van der Waals surface area contributed by atoms with Crippen molar-refractivity contribution in [3.8, 4) is 0 Å². The Bertz CT molecular complexity index is 768. The summed E-state index contributed by atoms with van der Waals surface area (Å²) >= 11 is 9.05. The number of sulfonamides is 1. The molecular formula is C12H9BrClFN2O2S. The van der Waals surface area contributed by atoms with E-state index in [1.54, 1.807) is 13.0 Å². The van der Waals surface area contributed by atoms with Gasteiger partial charge in [-0.25, -0.2) is 17.8 Å². The zero-order valence-electron chi connectivity index (χ0n) is 10.2. The Morgan fingerprint density at radius 2 is 2.00 bits per heavy atom. The summed E-state index contributed by atoms with van der Waals surface area (Å²) in [5, 5.41) is -0.0623. The van der Waals surface area contributed by atoms with Crippen molar-refractivity contribution in [2.45, 2.75) is 11.8 Å². The van der Waals surface area contributed by atoms with Gasteiger partial charge in [-0.2, -0.15) is 0 Å². The van der Waals surface area contributed by atoms with Crippen LogP contribution in [-0.2, 0) is 10.0 Å². The van der Waals surface area contributed by atoms with Crippen LogP contribution in [0.1, 0.15) is 5.69 Å². The lowest BCUT2D eigenvalue weighted by atomic mass is 10.3. The van der Waals surface area contributed by atoms with Gasteiger partial charge in [-0.05, 0) is 53.2 Å². The lowest BCUT2D eigenvalue weighted by Gasteiger charge is -2.09. The maximum atomic E-state index is 13.2. The minimum Gasteiger partial charge on any atom is -0.263 e. The summed E-state index contributed by atoms with van der Waals surface area (Å²) in [6.45, 7) is 1.72. The van der Waals surface area contributed by atoms with Crippen molar-refractivity contribution in [2.75, 3.05) is 4.72 Å². The lowest BCUT2D eigenvalue weighted by Crippen LogP contribution is -2.15. The van der Waals surface area contributed by atoms with Crippen molar-refractivity contribution in [1.82, 2.24) is 4.98 Å². The number of nitrogens with one attached hydrogen (secondary N) is 1. The summed E-state index contributed by atoms with van der Waals surface area (Å²) in [6, 6.07) is 6.28. The first-order valence-corrected chi connectivity index (χ1v) is 8.06. The highest BCUT2D eigenvalue weighted by atomic mass is 79.9. The number of pyridine rings is 1. The van der Waals surface area contributed by atoms with Crippen LogP contribution in [0.4, 0.5) is 10.2 Å². The zero-order valence-corrected chi connectivity index (χ0v) is 13.4. The number of hydrogen-bond acceptors (Lipinski definition) is 3. The van der Waals surface area contributed by atoms with Gasteiger partial charge < -0.3 is 0 Å². The van der Waals surface area contributed by atoms with Gasteiger partial charge >= 0.3 is 0 Å². The number of hydrogen-bond donors (Lipinski definition) is 1. The Hall–Kier alpha value is -1.18. The molecule has 106 valence electrons. The van der Waals surface area contributed by atoms with Gasteiger partial charge in [0.15, 0.2) is 0 Å². The van der Waals surface area contributed by atoms with Crippen LogP contribution in [0.25, 0.3) is 0 Å². The Labute approximate surface area is 129 Å². The zero-order chi connectivity index (χ0) is 14.9. The van der Waals surface area contributed by atoms with E-state index in [9.17, 15) is 12.8 Å². The third-order valence-electron chi connectivity index (χ3n) is 2.44. The molecule has 0 saturated heterocycles. The van der Waals surface area contributed by atoms with E-state index < -0.39 is 15.8 Å². The van der Waals surface area contributed by atoms with E-state index >= 15 is 0 Å². The number of rotatable bonds is 3. The van der Waals surface area contributed by atoms with Gasteiger partial charge in [-0.3, -0.25) is 4.72 Å². The molecule has 0 amide bonds. The fourth-order valence-corrected chi connectivity index (χ4v) is 3.21. The Balaban J connectivity index is 2.40. The van der Waals surface area contributed by atoms with E-state index in [1.165, 1.54) is 12.1 Å². The molecule has 0 saturated carbocycles. The molecule has 2 rings (SSSR count). The average molecular weight is 380 g/mol. The molecule has 0 aliphatic carbocycles. The highest BCUT2D eigenvalue weighted by Gasteiger charge is 2.19. The third-order valence-corrected chi connectivity index (χ3v) is 5.12. The normalized spacial score (nSPS) is 11.4. The van der Waals surface area contributed by atoms with Crippen LogP contribution < -0.4 is 4.72 Å². The fraction of sp³-hybridized carbons (Fsp3) is 0.0833. The Morgan fingerprint density at radius 1 is 1.30 bits per heavy atom. The summed E-state index contributed by atoms with van der Waals surface area (Å²) in [5.74, 6) is -0.555. The molecule has 4 nitrogen and oxygen atoms in total. The van der Waals surface area contributed by atoms with E-state index in [2.05, 4.69) is 25.6 Å². The predicted octanol–water partition coefficient (Wildman–Crippen LogP) is 3.75. The number of nitrogens with zero attached hydrogens (tertiary/aromatic N) is 1. The average Bonchev–Trinajstić information content (AvgIpc) is 2.36. The quantitative estimate of drug-likeness (QED) is 0.883. The molecule has 0 atom stereocenters. The number of anilines is 1. The molecule has 1 N–H and O–H groups in total. The molecule has 0 spiro atoms. The topological polar surface area (TPSA) is 59.1 Å². The summed E-state index contributed by atoms with van der Waals surface area (Å²) in [4.78, 5) is 3.73. The molecular weight excluding hydrogens is 371 g/mol. The standard InChI is InChI=1S/C12H9BrClFN2O2S/c1-7-9(13)3-5-12(16-7)17-20(18,19)11-6-8(15)2-4-10(11)14/h2-6H,1H3,(H,16,17). The van der Waals surface area contributed by atoms with E-state index in [0.717, 1.165) is 16.6 Å². The molecule has 0 unspecified atom stereocenters. The van der Waals surface area contributed by atoms with Crippen LogP contribution in [0, 0.1) is 12.7 Å². The molecule has 0 aliphatic heterocycles. The lowest BCUT2D eigenvalue weighted by molar-refractivity contribution is 0.595. The summed E-state index contributed by atoms with van der Waals surface area (Å²) < 4.78 is 40.5. The molecule has 0 fully saturated rings. The molecule has 1 heterocycles. The van der Waals surface area contributed by atoms with Gasteiger partial charge in [0.05, 0.1) is 10.7 Å². The van der Waals surface area contributed by atoms with E-state index in [0.29, 0.717) is 5.69 Å². The first kappa shape index (κ1) is 15.2. The Kier molecular flexibility index (Phi) is 4.31. The monoisotopic (exact) mass is 378 g/mol. The van der Waals surface area contributed by atoms with Crippen molar-refractivity contribution in [3.05, 3.63) is 51.3 Å². The largest absolute Gasteiger partial charge is 0.264 e. The summed E-state index contributed by atoms with van der Waals surface area (Å²) in [6.07, 6.45) is 0. The molecule has 1 aromatic carbocycles. The van der Waals surface area contributed by atoms with Gasteiger partial charge in [-0.1, -0.05) is 11.6 Å². The molecule has 0 radical (unpaired) electrons. The van der Waals surface area contributed by atoms with Crippen molar-refractivity contribution in [3.63, 3.8) is 0 Å². The highest BCUT2D eigenvalue weighted by molar-refractivity contribution is 9.10. The summed E-state index contributed by atoms with van der Waals surface area (Å²) in [7, 11) is -4.00. The van der Waals surface area contributed by atoms with Crippen molar-refractivity contribution in [1.29, 1.82) is 0 Å². The van der Waals surface area contributed by atoms with Crippen molar-refractivity contribution < 1.29 is 12.8 Å². The van der Waals surface area contributed by atoms with Crippen LogP contribution in [0.3, 0.4) is 0 Å². The molecule has 2 aromatic rings. The van der Waals surface area contributed by atoms with Crippen LogP contribution >= 0.6 is 27.5 Å². The molecule has 0 bridgehead atoms. The molecule has 1 aromatic heterocycles. The maximum Gasteiger partial charge on any atom is 0.264 e. The van der Waals surface area contributed by atoms with Crippen molar-refractivity contribution >= 4 is 43.4 Å². The minimum absolute atomic E-state index is 0.0623. The van der Waals surface area contributed by atoms with Gasteiger partial charge in [0.2, 0.25) is 0 Å². The van der Waals surface area contributed by atoms with Crippen LogP contribution in [-0.4, -0.2) is 13.4 Å². The first-order chi connectivity index (χ1) is 9.29. The minimum atomic E-state index is -4.00. The molecule has 8 heteroatoms. The van der Waals surface area contributed by atoms with E-state index in [1.807, 2.05) is 0 Å². The van der Waals surface area contributed by atoms with Crippen LogP contribution in [0.15, 0.2) is 39.7 Å².